The molecule has 0 spiro atoms. The summed E-state index contributed by atoms with van der Waals surface area (Å²) in [6.07, 6.45) is 8.70. The monoisotopic (exact) mass is 385 g/mol. The average Bonchev–Trinajstić information content (AvgIpc) is 3.49. The van der Waals surface area contributed by atoms with Crippen LogP contribution in [0.15, 0.2) is 67.3 Å². The molecule has 4 heterocycles. The molecule has 2 atom stereocenters. The number of nitrogens with zero attached hydrogens (tertiary/aromatic N) is 4. The number of amides is 1. The Hall–Kier alpha value is -3.41. The fourth-order valence-corrected chi connectivity index (χ4v) is 4.38. The second-order valence-electron chi connectivity index (χ2n) is 7.86. The zero-order chi connectivity index (χ0) is 19.8. The standard InChI is InChI=1S/C23H23N5O/c1-16-9-17(15-28(16)23(29)18-5-3-2-4-6-18)14-27-8-7-19-10-21(24-13-22(19)27)20-11-25-26-12-20/h2-8,10-13,16-17H,9,14-15H2,1H3,(H,25,26)/t16-,17-/m0/s1. The van der Waals surface area contributed by atoms with Gasteiger partial charge in [-0.05, 0) is 43.5 Å². The molecule has 5 rings (SSSR count). The van der Waals surface area contributed by atoms with Gasteiger partial charge in [-0.1, -0.05) is 18.2 Å². The fraction of sp³-hybridized carbons (Fsp3) is 0.261. The van der Waals surface area contributed by atoms with Gasteiger partial charge in [0, 0.05) is 48.0 Å². The molecule has 0 radical (unpaired) electrons. The topological polar surface area (TPSA) is 66.8 Å². The summed E-state index contributed by atoms with van der Waals surface area (Å²) in [5, 5.41) is 8.00. The number of aromatic amines is 1. The van der Waals surface area contributed by atoms with Gasteiger partial charge in [0.2, 0.25) is 0 Å². The van der Waals surface area contributed by atoms with Crippen LogP contribution >= 0.6 is 0 Å². The minimum atomic E-state index is 0.129. The van der Waals surface area contributed by atoms with Gasteiger partial charge >= 0.3 is 0 Å². The molecular formula is C23H23N5O. The maximum absolute atomic E-state index is 12.9. The molecule has 0 saturated carbocycles. The van der Waals surface area contributed by atoms with Crippen molar-refractivity contribution in [1.29, 1.82) is 0 Å². The molecule has 1 aliphatic heterocycles. The molecule has 146 valence electrons. The van der Waals surface area contributed by atoms with Crippen molar-refractivity contribution in [2.75, 3.05) is 6.54 Å². The van der Waals surface area contributed by atoms with E-state index in [1.165, 1.54) is 5.39 Å². The lowest BCUT2D eigenvalue weighted by Gasteiger charge is -2.21. The third kappa shape index (κ3) is 3.31. The van der Waals surface area contributed by atoms with Crippen LogP contribution in [-0.4, -0.2) is 43.1 Å². The summed E-state index contributed by atoms with van der Waals surface area (Å²) in [6, 6.07) is 14.0. The zero-order valence-electron chi connectivity index (χ0n) is 16.3. The Morgan fingerprint density at radius 2 is 2.07 bits per heavy atom. The van der Waals surface area contributed by atoms with E-state index in [2.05, 4.69) is 45.0 Å². The molecule has 6 heteroatoms. The summed E-state index contributed by atoms with van der Waals surface area (Å²) >= 11 is 0. The number of benzene rings is 1. The molecule has 1 fully saturated rings. The van der Waals surface area contributed by atoms with E-state index in [9.17, 15) is 4.79 Å². The number of hydrogen-bond acceptors (Lipinski definition) is 3. The zero-order valence-corrected chi connectivity index (χ0v) is 16.3. The van der Waals surface area contributed by atoms with Gasteiger partial charge in [-0.3, -0.25) is 14.9 Å². The number of pyridine rings is 1. The highest BCUT2D eigenvalue weighted by Crippen LogP contribution is 2.28. The molecule has 1 N–H and O–H groups in total. The Bertz CT molecular complexity index is 1130. The minimum Gasteiger partial charge on any atom is -0.346 e. The van der Waals surface area contributed by atoms with Gasteiger partial charge in [-0.15, -0.1) is 0 Å². The van der Waals surface area contributed by atoms with Crippen LogP contribution in [-0.2, 0) is 6.54 Å². The molecular weight excluding hydrogens is 362 g/mol. The maximum atomic E-state index is 12.9. The van der Waals surface area contributed by atoms with Crippen molar-refractivity contribution in [2.45, 2.75) is 25.9 Å². The van der Waals surface area contributed by atoms with E-state index in [4.69, 9.17) is 0 Å². The lowest BCUT2D eigenvalue weighted by Crippen LogP contribution is -2.34. The molecule has 0 aliphatic carbocycles. The number of nitrogens with one attached hydrogen (secondary N) is 1. The van der Waals surface area contributed by atoms with Gasteiger partial charge in [-0.25, -0.2) is 0 Å². The highest BCUT2D eigenvalue weighted by molar-refractivity contribution is 5.94. The first-order chi connectivity index (χ1) is 14.2. The molecule has 1 aromatic carbocycles. The van der Waals surface area contributed by atoms with Crippen LogP contribution in [0.1, 0.15) is 23.7 Å². The van der Waals surface area contributed by atoms with Crippen molar-refractivity contribution in [3.63, 3.8) is 0 Å². The van der Waals surface area contributed by atoms with Gasteiger partial charge in [0.25, 0.3) is 5.91 Å². The van der Waals surface area contributed by atoms with Crippen molar-refractivity contribution in [2.24, 2.45) is 5.92 Å². The number of carbonyl (C=O) groups excluding carboxylic acids is 1. The quantitative estimate of drug-likeness (QED) is 0.578. The van der Waals surface area contributed by atoms with Crippen LogP contribution in [0.5, 0.6) is 0 Å². The van der Waals surface area contributed by atoms with Crippen LogP contribution in [0, 0.1) is 5.92 Å². The average molecular weight is 385 g/mol. The highest BCUT2D eigenvalue weighted by atomic mass is 16.2. The number of H-pyrrole nitrogens is 1. The predicted molar refractivity (Wildman–Crippen MR) is 112 cm³/mol. The van der Waals surface area contributed by atoms with Crippen LogP contribution in [0.2, 0.25) is 0 Å². The van der Waals surface area contributed by atoms with Gasteiger partial charge in [0.1, 0.15) is 0 Å². The van der Waals surface area contributed by atoms with Crippen molar-refractivity contribution < 1.29 is 4.79 Å². The van der Waals surface area contributed by atoms with E-state index in [1.54, 1.807) is 6.20 Å². The van der Waals surface area contributed by atoms with E-state index in [1.807, 2.05) is 47.6 Å². The first kappa shape index (κ1) is 17.7. The van der Waals surface area contributed by atoms with E-state index >= 15 is 0 Å². The number of carbonyl (C=O) groups is 1. The summed E-state index contributed by atoms with van der Waals surface area (Å²) in [6.45, 7) is 3.82. The summed E-state index contributed by atoms with van der Waals surface area (Å²) in [5.74, 6) is 0.561. The Morgan fingerprint density at radius 1 is 1.21 bits per heavy atom. The number of hydrogen-bond donors (Lipinski definition) is 1. The van der Waals surface area contributed by atoms with Gasteiger partial charge < -0.3 is 9.47 Å². The molecule has 1 aliphatic rings. The normalized spacial score (nSPS) is 19.1. The van der Waals surface area contributed by atoms with E-state index in [-0.39, 0.29) is 11.9 Å². The molecule has 1 saturated heterocycles. The van der Waals surface area contributed by atoms with Crippen LogP contribution in [0.4, 0.5) is 0 Å². The van der Waals surface area contributed by atoms with Crippen LogP contribution in [0.25, 0.3) is 22.2 Å². The highest BCUT2D eigenvalue weighted by Gasteiger charge is 2.33. The van der Waals surface area contributed by atoms with Crippen molar-refractivity contribution in [3.8, 4) is 11.3 Å². The predicted octanol–water partition coefficient (Wildman–Crippen LogP) is 3.98. The number of fused-ring (bicyclic) bond motifs is 1. The molecule has 0 bridgehead atoms. The third-order valence-corrected chi connectivity index (χ3v) is 5.85. The van der Waals surface area contributed by atoms with Gasteiger partial charge in [-0.2, -0.15) is 5.10 Å². The van der Waals surface area contributed by atoms with Gasteiger partial charge in [0.05, 0.1) is 23.6 Å². The van der Waals surface area contributed by atoms with Crippen molar-refractivity contribution in [1.82, 2.24) is 24.6 Å². The Morgan fingerprint density at radius 3 is 2.86 bits per heavy atom. The molecule has 1 amide bonds. The van der Waals surface area contributed by atoms with E-state index in [0.29, 0.717) is 5.92 Å². The Labute approximate surface area is 169 Å². The summed E-state index contributed by atoms with van der Waals surface area (Å²) in [7, 11) is 0. The third-order valence-electron chi connectivity index (χ3n) is 5.85. The fourth-order valence-electron chi connectivity index (χ4n) is 4.38. The molecule has 6 nitrogen and oxygen atoms in total. The second-order valence-corrected chi connectivity index (χ2v) is 7.86. The van der Waals surface area contributed by atoms with E-state index in [0.717, 1.165) is 41.8 Å². The number of rotatable bonds is 4. The van der Waals surface area contributed by atoms with Crippen molar-refractivity contribution >= 4 is 16.8 Å². The number of aromatic nitrogens is 4. The Balaban J connectivity index is 1.33. The summed E-state index contributed by atoms with van der Waals surface area (Å²) in [4.78, 5) is 19.5. The maximum Gasteiger partial charge on any atom is 0.254 e. The first-order valence-electron chi connectivity index (χ1n) is 9.99. The molecule has 29 heavy (non-hydrogen) atoms. The lowest BCUT2D eigenvalue weighted by atomic mass is 10.1. The number of likely N-dealkylation sites (tertiary alicyclic amines) is 1. The SMILES string of the molecule is C[C@H]1C[C@@H](Cn2ccc3cc(-c4cn[nH]c4)ncc32)CN1C(=O)c1ccccc1. The van der Waals surface area contributed by atoms with E-state index < -0.39 is 0 Å². The smallest absolute Gasteiger partial charge is 0.254 e. The summed E-state index contributed by atoms with van der Waals surface area (Å²) < 4.78 is 2.26. The lowest BCUT2D eigenvalue weighted by molar-refractivity contribution is 0.0742. The van der Waals surface area contributed by atoms with Crippen molar-refractivity contribution in [3.05, 3.63) is 72.8 Å². The Kier molecular flexibility index (Phi) is 4.39. The second kappa shape index (κ2) is 7.20. The summed E-state index contributed by atoms with van der Waals surface area (Å²) in [5.41, 5.74) is 3.79. The minimum absolute atomic E-state index is 0.129. The first-order valence-corrected chi connectivity index (χ1v) is 9.99. The van der Waals surface area contributed by atoms with Gasteiger partial charge in [0.15, 0.2) is 0 Å². The largest absolute Gasteiger partial charge is 0.346 e. The van der Waals surface area contributed by atoms with Crippen LogP contribution < -0.4 is 0 Å². The molecule has 3 aromatic heterocycles. The molecule has 4 aromatic rings. The molecule has 0 unspecified atom stereocenters. The van der Waals surface area contributed by atoms with Crippen LogP contribution in [0.3, 0.4) is 0 Å².